The average molecular weight is 467 g/mol. The van der Waals surface area contributed by atoms with Crippen LogP contribution in [-0.4, -0.2) is 20.0 Å². The molecule has 0 aromatic heterocycles. The van der Waals surface area contributed by atoms with Gasteiger partial charge in [-0.05, 0) is 49.6 Å². The maximum atomic E-state index is 13.1. The zero-order chi connectivity index (χ0) is 24.1. The van der Waals surface area contributed by atoms with Gasteiger partial charge in [-0.3, -0.25) is 0 Å². The van der Waals surface area contributed by atoms with E-state index in [2.05, 4.69) is 4.72 Å². The summed E-state index contributed by atoms with van der Waals surface area (Å²) in [5.41, 5.74) is 8.42. The minimum absolute atomic E-state index is 0.244. The molecule has 174 valence electrons. The number of nitrogens with two attached hydrogens (primary N) is 1. The van der Waals surface area contributed by atoms with E-state index in [-0.39, 0.29) is 5.75 Å². The Morgan fingerprint density at radius 3 is 1.91 bits per heavy atom. The predicted octanol–water partition coefficient (Wildman–Crippen LogP) is 4.50. The summed E-state index contributed by atoms with van der Waals surface area (Å²) in [6.07, 6.45) is 0. The fraction of sp³-hybridized carbons (Fsp3) is 0.269. The molecule has 0 saturated heterocycles. The smallest absolute Gasteiger partial charge is 0.338 e. The molecular weight excluding hydrogens is 436 g/mol. The van der Waals surface area contributed by atoms with Gasteiger partial charge in [0.2, 0.25) is 10.0 Å². The van der Waals surface area contributed by atoms with Crippen molar-refractivity contribution in [3.05, 3.63) is 107 Å². The van der Waals surface area contributed by atoms with Crippen molar-refractivity contribution in [2.24, 2.45) is 5.73 Å². The summed E-state index contributed by atoms with van der Waals surface area (Å²) >= 11 is 0. The summed E-state index contributed by atoms with van der Waals surface area (Å²) in [5, 5.41) is 0. The summed E-state index contributed by atoms with van der Waals surface area (Å²) in [6.45, 7) is 5.38. The predicted molar refractivity (Wildman–Crippen MR) is 130 cm³/mol. The second kappa shape index (κ2) is 10.3. The number of nitrogens with one attached hydrogen (secondary N) is 1. The number of benzene rings is 3. The standard InChI is InChI=1S/C26H30N2O4S/c1-26(2,3)32-25(29)22-16-14-19(15-17-22)18-33(30,31)28-24(21-12-8-5-9-13-21)23(27)20-10-6-4-7-11-20/h4-17,23-24,28H,18,27H2,1-3H3. The van der Waals surface area contributed by atoms with Gasteiger partial charge in [0, 0.05) is 0 Å². The van der Waals surface area contributed by atoms with Gasteiger partial charge < -0.3 is 10.5 Å². The first kappa shape index (κ1) is 24.6. The molecule has 0 aliphatic rings. The monoisotopic (exact) mass is 466 g/mol. The van der Waals surface area contributed by atoms with Crippen LogP contribution in [-0.2, 0) is 20.5 Å². The molecule has 2 atom stereocenters. The largest absolute Gasteiger partial charge is 0.456 e. The van der Waals surface area contributed by atoms with E-state index in [4.69, 9.17) is 10.5 Å². The Morgan fingerprint density at radius 1 is 0.879 bits per heavy atom. The van der Waals surface area contributed by atoms with Gasteiger partial charge in [-0.25, -0.2) is 17.9 Å². The van der Waals surface area contributed by atoms with Crippen molar-refractivity contribution in [3.8, 4) is 0 Å². The van der Waals surface area contributed by atoms with Crippen molar-refractivity contribution in [2.45, 2.75) is 44.2 Å². The first-order valence-electron chi connectivity index (χ1n) is 10.7. The Bertz CT molecular complexity index is 1160. The zero-order valence-electron chi connectivity index (χ0n) is 19.1. The van der Waals surface area contributed by atoms with E-state index in [0.29, 0.717) is 11.1 Å². The number of carbonyl (C=O) groups is 1. The third kappa shape index (κ3) is 7.25. The van der Waals surface area contributed by atoms with E-state index >= 15 is 0 Å². The lowest BCUT2D eigenvalue weighted by atomic mass is 9.95. The second-order valence-electron chi connectivity index (χ2n) is 8.90. The normalized spacial score (nSPS) is 13.8. The summed E-state index contributed by atoms with van der Waals surface area (Å²) < 4.78 is 34.3. The summed E-state index contributed by atoms with van der Waals surface area (Å²) in [4.78, 5) is 12.2. The molecule has 2 unspecified atom stereocenters. The van der Waals surface area contributed by atoms with E-state index in [0.717, 1.165) is 11.1 Å². The van der Waals surface area contributed by atoms with Crippen LogP contribution in [0.25, 0.3) is 0 Å². The highest BCUT2D eigenvalue weighted by molar-refractivity contribution is 7.88. The molecule has 33 heavy (non-hydrogen) atoms. The lowest BCUT2D eigenvalue weighted by Crippen LogP contribution is -2.36. The molecule has 0 radical (unpaired) electrons. The Hall–Kier alpha value is -3.00. The second-order valence-corrected chi connectivity index (χ2v) is 10.7. The van der Waals surface area contributed by atoms with E-state index in [9.17, 15) is 13.2 Å². The van der Waals surface area contributed by atoms with Gasteiger partial charge in [0.25, 0.3) is 0 Å². The Kier molecular flexibility index (Phi) is 7.68. The summed E-state index contributed by atoms with van der Waals surface area (Å²) in [6, 6.07) is 23.8. The molecular formula is C26H30N2O4S. The Morgan fingerprint density at radius 2 is 1.39 bits per heavy atom. The lowest BCUT2D eigenvalue weighted by molar-refractivity contribution is 0.00695. The van der Waals surface area contributed by atoms with Crippen LogP contribution in [0.2, 0.25) is 0 Å². The van der Waals surface area contributed by atoms with Crippen LogP contribution >= 0.6 is 0 Å². The van der Waals surface area contributed by atoms with Gasteiger partial charge in [0.1, 0.15) is 5.60 Å². The molecule has 7 heteroatoms. The van der Waals surface area contributed by atoms with E-state index in [1.54, 1.807) is 45.0 Å². The third-order valence-corrected chi connectivity index (χ3v) is 6.28. The number of hydrogen-bond acceptors (Lipinski definition) is 5. The van der Waals surface area contributed by atoms with Crippen LogP contribution in [0.3, 0.4) is 0 Å². The molecule has 0 amide bonds. The first-order valence-corrected chi connectivity index (χ1v) is 12.4. The molecule has 0 aliphatic heterocycles. The minimum atomic E-state index is -3.74. The first-order chi connectivity index (χ1) is 15.5. The maximum absolute atomic E-state index is 13.1. The van der Waals surface area contributed by atoms with Crippen molar-refractivity contribution < 1.29 is 17.9 Å². The number of hydrogen-bond donors (Lipinski definition) is 2. The van der Waals surface area contributed by atoms with Crippen LogP contribution in [0.4, 0.5) is 0 Å². The summed E-state index contributed by atoms with van der Waals surface area (Å²) in [5.74, 6) is -0.695. The number of ether oxygens (including phenoxy) is 1. The topological polar surface area (TPSA) is 98.5 Å². The molecule has 0 aliphatic carbocycles. The molecule has 3 aromatic rings. The van der Waals surface area contributed by atoms with Crippen molar-refractivity contribution >= 4 is 16.0 Å². The number of rotatable bonds is 8. The minimum Gasteiger partial charge on any atom is -0.456 e. The molecule has 0 saturated carbocycles. The molecule has 0 fully saturated rings. The fourth-order valence-corrected chi connectivity index (χ4v) is 4.79. The quantitative estimate of drug-likeness (QED) is 0.476. The van der Waals surface area contributed by atoms with Crippen LogP contribution in [0.1, 0.15) is 59.9 Å². The molecule has 3 rings (SSSR count). The number of esters is 1. The highest BCUT2D eigenvalue weighted by atomic mass is 32.2. The lowest BCUT2D eigenvalue weighted by Gasteiger charge is -2.26. The van der Waals surface area contributed by atoms with Crippen LogP contribution in [0, 0.1) is 0 Å². The van der Waals surface area contributed by atoms with Crippen LogP contribution in [0.15, 0.2) is 84.9 Å². The van der Waals surface area contributed by atoms with Gasteiger partial charge in [0.05, 0.1) is 23.4 Å². The van der Waals surface area contributed by atoms with Crippen molar-refractivity contribution in [1.29, 1.82) is 0 Å². The van der Waals surface area contributed by atoms with Gasteiger partial charge in [-0.2, -0.15) is 0 Å². The Balaban J connectivity index is 1.78. The molecule has 6 nitrogen and oxygen atoms in total. The molecule has 0 spiro atoms. The van der Waals surface area contributed by atoms with E-state index < -0.39 is 33.7 Å². The Labute approximate surface area is 195 Å². The van der Waals surface area contributed by atoms with E-state index in [1.165, 1.54) is 0 Å². The van der Waals surface area contributed by atoms with Crippen molar-refractivity contribution in [2.75, 3.05) is 0 Å². The van der Waals surface area contributed by atoms with Gasteiger partial charge in [-0.15, -0.1) is 0 Å². The van der Waals surface area contributed by atoms with Gasteiger partial charge in [0.15, 0.2) is 0 Å². The van der Waals surface area contributed by atoms with Gasteiger partial charge in [-0.1, -0.05) is 72.8 Å². The van der Waals surface area contributed by atoms with E-state index in [1.807, 2.05) is 60.7 Å². The highest BCUT2D eigenvalue weighted by Gasteiger charge is 2.27. The molecule has 3 aromatic carbocycles. The van der Waals surface area contributed by atoms with Crippen molar-refractivity contribution in [3.63, 3.8) is 0 Å². The van der Waals surface area contributed by atoms with Crippen LogP contribution < -0.4 is 10.5 Å². The van der Waals surface area contributed by atoms with Crippen molar-refractivity contribution in [1.82, 2.24) is 4.72 Å². The summed E-state index contributed by atoms with van der Waals surface area (Å²) in [7, 11) is -3.74. The van der Waals surface area contributed by atoms with Crippen LogP contribution in [0.5, 0.6) is 0 Å². The SMILES string of the molecule is CC(C)(C)OC(=O)c1ccc(CS(=O)(=O)NC(c2ccccc2)C(N)c2ccccc2)cc1. The fourth-order valence-electron chi connectivity index (χ4n) is 3.41. The third-order valence-electron chi connectivity index (χ3n) is 4.95. The number of sulfonamides is 1. The molecule has 3 N–H and O–H groups in total. The number of carbonyl (C=O) groups excluding carboxylic acids is 1. The molecule has 0 bridgehead atoms. The van der Waals surface area contributed by atoms with Gasteiger partial charge >= 0.3 is 5.97 Å². The average Bonchev–Trinajstić information content (AvgIpc) is 2.77. The maximum Gasteiger partial charge on any atom is 0.338 e. The zero-order valence-corrected chi connectivity index (χ0v) is 19.9. The highest BCUT2D eigenvalue weighted by Crippen LogP contribution is 2.28. The molecule has 0 heterocycles.